The summed E-state index contributed by atoms with van der Waals surface area (Å²) in [5.74, 6) is 0. The van der Waals surface area contributed by atoms with Gasteiger partial charge in [-0.1, -0.05) is 14.9 Å². The molecule has 0 spiro atoms. The van der Waals surface area contributed by atoms with Crippen LogP contribution in [-0.4, -0.2) is 0 Å². The number of halogens is 2. The smallest absolute Gasteiger partial charge is 1.00 e. The molecule has 0 aliphatic rings. The van der Waals surface area contributed by atoms with E-state index in [9.17, 15) is 0 Å². The number of hydrogen-bond donors (Lipinski definition) is 2. The average Bonchev–Trinajstić information content (AvgIpc) is 0. The molecule has 0 fully saturated rings. The van der Waals surface area contributed by atoms with Gasteiger partial charge in [-0.3, -0.25) is 0 Å². The molecule has 0 aromatic heterocycles. The van der Waals surface area contributed by atoms with Crippen molar-refractivity contribution in [2.45, 2.75) is 14.9 Å². The van der Waals surface area contributed by atoms with E-state index in [4.69, 9.17) is 0 Å². The van der Waals surface area contributed by atoms with E-state index in [0.29, 0.717) is 0 Å². The van der Waals surface area contributed by atoms with Gasteiger partial charge in [0.25, 0.3) is 0 Å². The second-order valence-electron chi connectivity index (χ2n) is 0. The molecular weight excluding hydrogens is 318 g/mol. The van der Waals surface area contributed by atoms with E-state index in [1.165, 1.54) is 0 Å². The SMILES string of the molecule is C.C.N.N.[Cl-].[Cl-].[Pt+2]. The van der Waals surface area contributed by atoms with Crippen molar-refractivity contribution < 1.29 is 45.9 Å². The minimum Gasteiger partial charge on any atom is -1.00 e. The largest absolute Gasteiger partial charge is 2.00 e. The molecule has 0 aromatic rings. The van der Waals surface area contributed by atoms with Crippen LogP contribution in [0.25, 0.3) is 0 Å². The van der Waals surface area contributed by atoms with Gasteiger partial charge >= 0.3 is 21.1 Å². The standard InChI is InChI=1S/2CH4.2ClH.2H3N.Pt/h2*1H4;2*1H;2*1H3;/q;;;;;;+2/p-2. The van der Waals surface area contributed by atoms with Crippen molar-refractivity contribution >= 4 is 0 Å². The normalized spacial score (nSPS) is 0. The molecule has 7 heavy (non-hydrogen) atoms. The first kappa shape index (κ1) is 300. The zero-order valence-corrected chi connectivity index (χ0v) is 6.27. The maximum absolute atomic E-state index is 0. The van der Waals surface area contributed by atoms with Gasteiger partial charge in [-0.15, -0.1) is 0 Å². The molecule has 56 valence electrons. The second-order valence-corrected chi connectivity index (χ2v) is 0. The van der Waals surface area contributed by atoms with E-state index in [-0.39, 0.29) is 73.0 Å². The summed E-state index contributed by atoms with van der Waals surface area (Å²) in [5, 5.41) is 0. The first-order chi connectivity index (χ1) is 0. The van der Waals surface area contributed by atoms with Crippen LogP contribution >= 0.6 is 0 Å². The molecule has 0 amide bonds. The molecule has 0 unspecified atom stereocenters. The van der Waals surface area contributed by atoms with Gasteiger partial charge in [0.2, 0.25) is 0 Å². The van der Waals surface area contributed by atoms with Crippen molar-refractivity contribution in [1.82, 2.24) is 12.3 Å². The molecule has 0 atom stereocenters. The van der Waals surface area contributed by atoms with Crippen molar-refractivity contribution in [2.75, 3.05) is 0 Å². The Kier molecular flexibility index (Phi) is 8340. The van der Waals surface area contributed by atoms with Gasteiger partial charge < -0.3 is 37.1 Å². The monoisotopic (exact) mass is 331 g/mol. The van der Waals surface area contributed by atoms with Gasteiger partial charge in [-0.25, -0.2) is 0 Å². The van der Waals surface area contributed by atoms with Crippen LogP contribution in [0.15, 0.2) is 0 Å². The van der Waals surface area contributed by atoms with Crippen molar-refractivity contribution in [3.05, 3.63) is 0 Å². The maximum atomic E-state index is 0. The Morgan fingerprint density at radius 1 is 0.571 bits per heavy atom. The van der Waals surface area contributed by atoms with Crippen LogP contribution < -0.4 is 37.1 Å². The molecule has 0 aliphatic heterocycles. The second kappa shape index (κ2) is 195. The molecule has 2 nitrogen and oxygen atoms in total. The third-order valence-corrected chi connectivity index (χ3v) is 0. The molecule has 0 saturated carbocycles. The molecule has 0 bridgehead atoms. The summed E-state index contributed by atoms with van der Waals surface area (Å²) in [6.45, 7) is 0. The molecule has 0 aromatic carbocycles. The third-order valence-electron chi connectivity index (χ3n) is 0. The fourth-order valence-corrected chi connectivity index (χ4v) is 0. The van der Waals surface area contributed by atoms with Gasteiger partial charge in [0.05, 0.1) is 0 Å². The Labute approximate surface area is 73.1 Å². The van der Waals surface area contributed by atoms with E-state index in [1.54, 1.807) is 0 Å². The zero-order chi connectivity index (χ0) is 0. The third kappa shape index (κ3) is 137. The van der Waals surface area contributed by atoms with E-state index in [2.05, 4.69) is 0 Å². The Morgan fingerprint density at radius 2 is 0.571 bits per heavy atom. The molecule has 0 saturated heterocycles. The summed E-state index contributed by atoms with van der Waals surface area (Å²) in [6.07, 6.45) is 0. The fourth-order valence-electron chi connectivity index (χ4n) is 0. The Bertz CT molecular complexity index is 13.7. The molecular formula is C2H14Cl2N2Pt. The van der Waals surface area contributed by atoms with E-state index in [1.807, 2.05) is 0 Å². The molecule has 0 aliphatic carbocycles. The van der Waals surface area contributed by atoms with Crippen LogP contribution in [0.4, 0.5) is 0 Å². The van der Waals surface area contributed by atoms with Crippen molar-refractivity contribution in [2.24, 2.45) is 0 Å². The predicted octanol–water partition coefficient (Wildman–Crippen LogP) is -4.40. The first-order valence-corrected chi connectivity index (χ1v) is 0. The van der Waals surface area contributed by atoms with Crippen molar-refractivity contribution in [3.8, 4) is 0 Å². The van der Waals surface area contributed by atoms with Gasteiger partial charge in [0.1, 0.15) is 0 Å². The topological polar surface area (TPSA) is 70.0 Å². The van der Waals surface area contributed by atoms with Crippen molar-refractivity contribution in [3.63, 3.8) is 0 Å². The summed E-state index contributed by atoms with van der Waals surface area (Å²) < 4.78 is 0. The van der Waals surface area contributed by atoms with Gasteiger partial charge in [0.15, 0.2) is 0 Å². The summed E-state index contributed by atoms with van der Waals surface area (Å²) in [4.78, 5) is 0. The average molecular weight is 332 g/mol. The summed E-state index contributed by atoms with van der Waals surface area (Å²) in [6, 6.07) is 0. The van der Waals surface area contributed by atoms with Crippen LogP contribution in [-0.2, 0) is 21.1 Å². The summed E-state index contributed by atoms with van der Waals surface area (Å²) in [5.41, 5.74) is 0. The molecule has 0 heterocycles. The van der Waals surface area contributed by atoms with Gasteiger partial charge in [-0.2, -0.15) is 0 Å². The van der Waals surface area contributed by atoms with E-state index in [0.717, 1.165) is 0 Å². The number of rotatable bonds is 0. The van der Waals surface area contributed by atoms with Crippen LogP contribution in [0.3, 0.4) is 0 Å². The summed E-state index contributed by atoms with van der Waals surface area (Å²) >= 11 is 0. The molecule has 0 rings (SSSR count). The van der Waals surface area contributed by atoms with Crippen LogP contribution in [0, 0.1) is 0 Å². The van der Waals surface area contributed by atoms with Crippen LogP contribution in [0.1, 0.15) is 14.9 Å². The Balaban J connectivity index is 0. The molecule has 6 N–H and O–H groups in total. The maximum Gasteiger partial charge on any atom is 2.00 e. The van der Waals surface area contributed by atoms with Gasteiger partial charge in [0, 0.05) is 0 Å². The van der Waals surface area contributed by atoms with Crippen LogP contribution in [0.5, 0.6) is 0 Å². The van der Waals surface area contributed by atoms with Gasteiger partial charge in [-0.05, 0) is 0 Å². The Morgan fingerprint density at radius 3 is 0.571 bits per heavy atom. The molecule has 5 heteroatoms. The van der Waals surface area contributed by atoms with E-state index < -0.39 is 0 Å². The first-order valence-electron chi connectivity index (χ1n) is 0. The quantitative estimate of drug-likeness (QED) is 0.470. The Hall–Kier alpha value is 1.19. The van der Waals surface area contributed by atoms with Crippen molar-refractivity contribution in [1.29, 1.82) is 0 Å². The fraction of sp³-hybridized carbons (Fsp3) is 1.00. The van der Waals surface area contributed by atoms with Crippen LogP contribution in [0.2, 0.25) is 0 Å². The van der Waals surface area contributed by atoms with E-state index >= 15 is 0 Å². The summed E-state index contributed by atoms with van der Waals surface area (Å²) in [7, 11) is 0. The minimum absolute atomic E-state index is 0. The minimum atomic E-state index is 0. The predicted molar refractivity (Wildman–Crippen MR) is 23.5 cm³/mol. The molecule has 0 radical (unpaired) electrons. The number of hydrogen-bond acceptors (Lipinski definition) is 2. The zero-order valence-electron chi connectivity index (χ0n) is 2.49.